The SMILES string of the molecule is CN1C=NC(COCc2ccccc2)(c2ccccc2F)C(CCO[Si](C)(C)C(C)(C)C)S1(=O)=O. The third kappa shape index (κ3) is 5.85. The van der Waals surface area contributed by atoms with Crippen LogP contribution in [-0.4, -0.2) is 52.9 Å². The molecule has 3 rings (SSSR count). The van der Waals surface area contributed by atoms with Gasteiger partial charge in [0.05, 0.1) is 19.6 Å². The first kappa shape index (κ1) is 27.5. The fraction of sp³-hybridized carbons (Fsp3) is 0.500. The van der Waals surface area contributed by atoms with Crippen LogP contribution < -0.4 is 0 Å². The van der Waals surface area contributed by atoms with Crippen LogP contribution in [0.25, 0.3) is 0 Å². The highest BCUT2D eigenvalue weighted by atomic mass is 32.2. The Morgan fingerprint density at radius 3 is 2.34 bits per heavy atom. The predicted octanol–water partition coefficient (Wildman–Crippen LogP) is 5.32. The van der Waals surface area contributed by atoms with E-state index in [2.05, 4.69) is 38.9 Å². The molecule has 1 aliphatic rings. The monoisotopic (exact) mass is 520 g/mol. The van der Waals surface area contributed by atoms with E-state index in [0.717, 1.165) is 9.87 Å². The molecule has 192 valence electrons. The van der Waals surface area contributed by atoms with E-state index < -0.39 is 34.9 Å². The van der Waals surface area contributed by atoms with Gasteiger partial charge in [-0.2, -0.15) is 0 Å². The molecule has 0 radical (unpaired) electrons. The number of ether oxygens (including phenoxy) is 1. The summed E-state index contributed by atoms with van der Waals surface area (Å²) in [4.78, 5) is 4.66. The normalized spacial score (nSPS) is 22.4. The van der Waals surface area contributed by atoms with Gasteiger partial charge in [0.1, 0.15) is 16.6 Å². The van der Waals surface area contributed by atoms with Gasteiger partial charge in [-0.3, -0.25) is 9.30 Å². The van der Waals surface area contributed by atoms with Crippen molar-refractivity contribution < 1.29 is 22.0 Å². The van der Waals surface area contributed by atoms with E-state index in [1.165, 1.54) is 19.5 Å². The van der Waals surface area contributed by atoms with Gasteiger partial charge in [0, 0.05) is 19.2 Å². The molecule has 35 heavy (non-hydrogen) atoms. The van der Waals surface area contributed by atoms with Crippen molar-refractivity contribution in [3.8, 4) is 0 Å². The standard InChI is InChI=1S/C26H37FN2O4SSi/c1-25(2,3)35(5,6)33-17-16-24-26(22-14-10-11-15-23(22)27,28-20-29(4)34(24,30)31)19-32-18-21-12-8-7-9-13-21/h7-15,20,24H,16-19H2,1-6H3. The molecular weight excluding hydrogens is 483 g/mol. The second kappa shape index (κ2) is 10.5. The average Bonchev–Trinajstić information content (AvgIpc) is 2.78. The van der Waals surface area contributed by atoms with Gasteiger partial charge in [-0.25, -0.2) is 12.8 Å². The average molecular weight is 521 g/mol. The summed E-state index contributed by atoms with van der Waals surface area (Å²) in [5, 5.41) is -1.07. The Bertz CT molecular complexity index is 1140. The zero-order valence-electron chi connectivity index (χ0n) is 21.5. The summed E-state index contributed by atoms with van der Waals surface area (Å²) in [7, 11) is -4.51. The number of aliphatic imine (C=N–C) groups is 1. The molecule has 0 aromatic heterocycles. The van der Waals surface area contributed by atoms with Crippen LogP contribution in [-0.2, 0) is 31.3 Å². The lowest BCUT2D eigenvalue weighted by Crippen LogP contribution is -2.55. The fourth-order valence-electron chi connectivity index (χ4n) is 3.97. The van der Waals surface area contributed by atoms with Gasteiger partial charge in [0.2, 0.25) is 10.0 Å². The Morgan fingerprint density at radius 1 is 1.09 bits per heavy atom. The summed E-state index contributed by atoms with van der Waals surface area (Å²) in [6.07, 6.45) is 1.43. The lowest BCUT2D eigenvalue weighted by Gasteiger charge is -2.43. The maximum Gasteiger partial charge on any atom is 0.241 e. The Hall–Kier alpha value is -2.07. The van der Waals surface area contributed by atoms with Gasteiger partial charge >= 0.3 is 0 Å². The summed E-state index contributed by atoms with van der Waals surface area (Å²) in [5.74, 6) is -0.511. The highest BCUT2D eigenvalue weighted by molar-refractivity contribution is 7.90. The van der Waals surface area contributed by atoms with E-state index in [9.17, 15) is 8.42 Å². The molecule has 0 fully saturated rings. The second-order valence-corrected chi connectivity index (χ2v) is 17.6. The Kier molecular flexibility index (Phi) is 8.25. The van der Waals surface area contributed by atoms with Crippen LogP contribution in [0.3, 0.4) is 0 Å². The third-order valence-corrected chi connectivity index (χ3v) is 13.9. The molecule has 2 atom stereocenters. The minimum absolute atomic E-state index is 0.0190. The molecule has 1 heterocycles. The molecule has 2 unspecified atom stereocenters. The number of hydrogen-bond acceptors (Lipinski definition) is 5. The van der Waals surface area contributed by atoms with Crippen LogP contribution in [0, 0.1) is 5.82 Å². The minimum atomic E-state index is -3.85. The number of nitrogens with zero attached hydrogens (tertiary/aromatic N) is 2. The van der Waals surface area contributed by atoms with E-state index in [1.54, 1.807) is 18.2 Å². The van der Waals surface area contributed by atoms with Gasteiger partial charge < -0.3 is 9.16 Å². The molecule has 9 heteroatoms. The van der Waals surface area contributed by atoms with Crippen molar-refractivity contribution in [2.75, 3.05) is 20.3 Å². The van der Waals surface area contributed by atoms with Crippen LogP contribution in [0.15, 0.2) is 59.6 Å². The summed E-state index contributed by atoms with van der Waals surface area (Å²) >= 11 is 0. The quantitative estimate of drug-likeness (QED) is 0.420. The molecule has 1 aliphatic heterocycles. The maximum atomic E-state index is 15.2. The molecule has 0 N–H and O–H groups in total. The van der Waals surface area contributed by atoms with E-state index in [1.807, 2.05) is 30.3 Å². The molecule has 2 aromatic carbocycles. The van der Waals surface area contributed by atoms with Crippen molar-refractivity contribution in [3.05, 3.63) is 71.5 Å². The lowest BCUT2D eigenvalue weighted by molar-refractivity contribution is 0.0648. The minimum Gasteiger partial charge on any atom is -0.417 e. The molecule has 6 nitrogen and oxygen atoms in total. The number of sulfonamides is 1. The van der Waals surface area contributed by atoms with Crippen molar-refractivity contribution in [2.24, 2.45) is 4.99 Å². The molecule has 0 aliphatic carbocycles. The van der Waals surface area contributed by atoms with E-state index in [-0.39, 0.29) is 36.8 Å². The smallest absolute Gasteiger partial charge is 0.241 e. The molecule has 0 saturated heterocycles. The Balaban J connectivity index is 1.99. The predicted molar refractivity (Wildman–Crippen MR) is 141 cm³/mol. The maximum absolute atomic E-state index is 15.2. The second-order valence-electron chi connectivity index (χ2n) is 10.6. The van der Waals surface area contributed by atoms with Crippen LogP contribution >= 0.6 is 0 Å². The summed E-state index contributed by atoms with van der Waals surface area (Å²) in [6.45, 7) is 11.1. The highest BCUT2D eigenvalue weighted by Crippen LogP contribution is 2.42. The largest absolute Gasteiger partial charge is 0.417 e. The third-order valence-electron chi connectivity index (χ3n) is 7.17. The number of halogens is 1. The van der Waals surface area contributed by atoms with Gasteiger partial charge in [-0.15, -0.1) is 0 Å². The molecule has 0 amide bonds. The molecule has 2 aromatic rings. The zero-order valence-corrected chi connectivity index (χ0v) is 23.3. The first-order chi connectivity index (χ1) is 16.3. The van der Waals surface area contributed by atoms with E-state index in [0.29, 0.717) is 0 Å². The lowest BCUT2D eigenvalue weighted by atomic mass is 9.85. The van der Waals surface area contributed by atoms with E-state index >= 15 is 4.39 Å². The van der Waals surface area contributed by atoms with E-state index in [4.69, 9.17) is 9.16 Å². The van der Waals surface area contributed by atoms with Crippen molar-refractivity contribution in [3.63, 3.8) is 0 Å². The summed E-state index contributed by atoms with van der Waals surface area (Å²) in [6, 6.07) is 15.8. The van der Waals surface area contributed by atoms with Crippen LogP contribution in [0.2, 0.25) is 18.1 Å². The molecule has 0 spiro atoms. The summed E-state index contributed by atoms with van der Waals surface area (Å²) in [5.41, 5.74) is -0.297. The van der Waals surface area contributed by atoms with Gasteiger partial charge in [0.15, 0.2) is 8.32 Å². The summed E-state index contributed by atoms with van der Waals surface area (Å²) < 4.78 is 55.9. The molecule has 0 bridgehead atoms. The van der Waals surface area contributed by atoms with Crippen molar-refractivity contribution in [2.45, 2.75) is 62.7 Å². The van der Waals surface area contributed by atoms with Crippen LogP contribution in [0.1, 0.15) is 38.3 Å². The van der Waals surface area contributed by atoms with Crippen molar-refractivity contribution in [1.29, 1.82) is 0 Å². The van der Waals surface area contributed by atoms with Gasteiger partial charge in [0.25, 0.3) is 0 Å². The number of hydrogen-bond donors (Lipinski definition) is 0. The molecular formula is C26H37FN2O4SSi. The van der Waals surface area contributed by atoms with Crippen molar-refractivity contribution in [1.82, 2.24) is 4.31 Å². The Morgan fingerprint density at radius 2 is 1.71 bits per heavy atom. The van der Waals surface area contributed by atoms with Gasteiger partial charge in [-0.1, -0.05) is 69.3 Å². The number of benzene rings is 2. The topological polar surface area (TPSA) is 68.2 Å². The highest BCUT2D eigenvalue weighted by Gasteiger charge is 2.53. The van der Waals surface area contributed by atoms with Crippen LogP contribution in [0.5, 0.6) is 0 Å². The zero-order chi connectivity index (χ0) is 25.9. The van der Waals surface area contributed by atoms with Gasteiger partial charge in [-0.05, 0) is 36.2 Å². The molecule has 0 saturated carbocycles. The first-order valence-corrected chi connectivity index (χ1v) is 16.3. The first-order valence-electron chi connectivity index (χ1n) is 11.8. The number of rotatable bonds is 9. The fourth-order valence-corrected chi connectivity index (χ4v) is 6.75. The van der Waals surface area contributed by atoms with Crippen molar-refractivity contribution >= 4 is 24.7 Å². The Labute approximate surface area is 210 Å². The van der Waals surface area contributed by atoms with Crippen LogP contribution in [0.4, 0.5) is 4.39 Å².